The van der Waals surface area contributed by atoms with Crippen LogP contribution in [0.3, 0.4) is 0 Å². The van der Waals surface area contributed by atoms with Gasteiger partial charge in [-0.3, -0.25) is 4.79 Å². The summed E-state index contributed by atoms with van der Waals surface area (Å²) in [5.74, 6) is 0.218. The fourth-order valence-electron chi connectivity index (χ4n) is 4.64. The molecule has 214 valence electrons. The number of carbonyl (C=O) groups is 2. The highest BCUT2D eigenvalue weighted by atomic mass is 16.5. The number of anilines is 2. The van der Waals surface area contributed by atoms with Crippen LogP contribution in [-0.2, 0) is 4.74 Å². The summed E-state index contributed by atoms with van der Waals surface area (Å²) in [4.78, 5) is 30.5. The first-order valence-electron chi connectivity index (χ1n) is 13.8. The summed E-state index contributed by atoms with van der Waals surface area (Å²) in [5.41, 5.74) is 1.47. The summed E-state index contributed by atoms with van der Waals surface area (Å²) in [5, 5.41) is 15.7. The Balaban J connectivity index is 1.93. The molecule has 0 fully saturated rings. The van der Waals surface area contributed by atoms with Gasteiger partial charge in [-0.2, -0.15) is 0 Å². The van der Waals surface area contributed by atoms with E-state index in [1.807, 2.05) is 46.1 Å². The van der Waals surface area contributed by atoms with Crippen LogP contribution in [-0.4, -0.2) is 85.5 Å². The fourth-order valence-corrected chi connectivity index (χ4v) is 4.64. The second-order valence-corrected chi connectivity index (χ2v) is 10.7. The largest absolute Gasteiger partial charge is 0.490 e. The molecule has 39 heavy (non-hydrogen) atoms. The second kappa shape index (κ2) is 14.9. The number of aliphatic hydroxyl groups excluding tert-OH is 1. The van der Waals surface area contributed by atoms with E-state index >= 15 is 0 Å². The first-order chi connectivity index (χ1) is 18.7. The quantitative estimate of drug-likeness (QED) is 0.491. The van der Waals surface area contributed by atoms with Crippen LogP contribution < -0.4 is 15.4 Å². The van der Waals surface area contributed by atoms with Gasteiger partial charge in [-0.05, 0) is 77.5 Å². The summed E-state index contributed by atoms with van der Waals surface area (Å²) in [6.45, 7) is 7.50. The normalized spacial score (nSPS) is 21.9. The summed E-state index contributed by atoms with van der Waals surface area (Å²) in [6, 6.07) is 13.4. The number of nitrogens with one attached hydrogen (secondary N) is 2. The average Bonchev–Trinajstić information content (AvgIpc) is 2.90. The van der Waals surface area contributed by atoms with E-state index in [4.69, 9.17) is 9.47 Å². The molecule has 4 atom stereocenters. The van der Waals surface area contributed by atoms with E-state index in [2.05, 4.69) is 22.5 Å². The molecule has 3 N–H and O–H groups in total. The number of nitrogens with zero attached hydrogens (tertiary/aromatic N) is 2. The maximum Gasteiger partial charge on any atom is 0.323 e. The molecule has 0 unspecified atom stereocenters. The highest BCUT2D eigenvalue weighted by Crippen LogP contribution is 2.28. The van der Waals surface area contributed by atoms with Crippen molar-refractivity contribution in [3.63, 3.8) is 0 Å². The van der Waals surface area contributed by atoms with E-state index < -0.39 is 12.1 Å². The molecule has 3 rings (SSSR count). The van der Waals surface area contributed by atoms with Crippen molar-refractivity contribution in [1.29, 1.82) is 0 Å². The predicted molar refractivity (Wildman–Crippen MR) is 155 cm³/mol. The highest BCUT2D eigenvalue weighted by molar-refractivity contribution is 6.02. The molecule has 9 nitrogen and oxygen atoms in total. The number of likely N-dealkylation sites (N-methyl/N-ethyl adjacent to an activating group) is 1. The lowest BCUT2D eigenvalue weighted by Gasteiger charge is -2.35. The van der Waals surface area contributed by atoms with Gasteiger partial charge >= 0.3 is 6.03 Å². The Morgan fingerprint density at radius 1 is 1.10 bits per heavy atom. The molecule has 1 aliphatic heterocycles. The Morgan fingerprint density at radius 3 is 2.51 bits per heavy atom. The van der Waals surface area contributed by atoms with Gasteiger partial charge in [0, 0.05) is 37.0 Å². The van der Waals surface area contributed by atoms with Crippen molar-refractivity contribution in [3.05, 3.63) is 54.1 Å². The number of amides is 3. The summed E-state index contributed by atoms with van der Waals surface area (Å²) < 4.78 is 12.5. The fraction of sp³-hybridized carbons (Fsp3) is 0.533. The van der Waals surface area contributed by atoms with Crippen molar-refractivity contribution in [3.8, 4) is 5.75 Å². The minimum absolute atomic E-state index is 0.0227. The van der Waals surface area contributed by atoms with Crippen LogP contribution in [0.15, 0.2) is 48.5 Å². The standard InChI is InChI=1S/C30H44N4O5/c1-21-18-34(22(2)20-35)29(36)26-17-25(32-30(37)31-24-12-7-6-8-13-24)14-15-27(26)39-23(3)11-9-10-16-38-28(21)19-33(4)5/h6-8,12-15,17,21-23,28,35H,9-11,16,18-20H2,1-5H3,(H2,31,32,37)/t21-,22-,23-,28-/m1/s1. The lowest BCUT2D eigenvalue weighted by molar-refractivity contribution is -0.0137. The summed E-state index contributed by atoms with van der Waals surface area (Å²) in [6.07, 6.45) is 2.51. The van der Waals surface area contributed by atoms with Crippen LogP contribution in [0, 0.1) is 5.92 Å². The zero-order valence-electron chi connectivity index (χ0n) is 23.9. The second-order valence-electron chi connectivity index (χ2n) is 10.7. The van der Waals surface area contributed by atoms with Gasteiger partial charge in [0.05, 0.1) is 30.4 Å². The molecule has 0 spiro atoms. The van der Waals surface area contributed by atoms with Crippen LogP contribution >= 0.6 is 0 Å². The number of para-hydroxylation sites is 1. The molecule has 0 aliphatic carbocycles. The molecule has 0 aromatic heterocycles. The number of urea groups is 1. The number of rotatable bonds is 6. The van der Waals surface area contributed by atoms with Crippen LogP contribution in [0.5, 0.6) is 5.75 Å². The molecule has 0 saturated heterocycles. The van der Waals surface area contributed by atoms with Crippen LogP contribution in [0.25, 0.3) is 0 Å². The van der Waals surface area contributed by atoms with Gasteiger partial charge in [0.2, 0.25) is 0 Å². The number of fused-ring (bicyclic) bond motifs is 1. The van der Waals surface area contributed by atoms with Gasteiger partial charge in [-0.15, -0.1) is 0 Å². The van der Waals surface area contributed by atoms with Crippen molar-refractivity contribution < 1.29 is 24.2 Å². The number of benzene rings is 2. The van der Waals surface area contributed by atoms with Gasteiger partial charge in [-0.1, -0.05) is 25.1 Å². The third-order valence-corrected chi connectivity index (χ3v) is 6.89. The van der Waals surface area contributed by atoms with Crippen LogP contribution in [0.2, 0.25) is 0 Å². The molecule has 0 radical (unpaired) electrons. The number of hydrogen-bond donors (Lipinski definition) is 3. The lowest BCUT2D eigenvalue weighted by atomic mass is 10.0. The smallest absolute Gasteiger partial charge is 0.323 e. The highest BCUT2D eigenvalue weighted by Gasteiger charge is 2.30. The van der Waals surface area contributed by atoms with E-state index in [0.717, 1.165) is 25.8 Å². The van der Waals surface area contributed by atoms with Crippen molar-refractivity contribution in [2.45, 2.75) is 58.3 Å². The maximum atomic E-state index is 14.1. The number of aliphatic hydroxyl groups is 1. The topological polar surface area (TPSA) is 103 Å². The van der Waals surface area contributed by atoms with Crippen LogP contribution in [0.4, 0.5) is 16.2 Å². The molecule has 1 heterocycles. The van der Waals surface area contributed by atoms with E-state index in [-0.39, 0.29) is 30.6 Å². The van der Waals surface area contributed by atoms with E-state index in [1.165, 1.54) is 0 Å². The lowest BCUT2D eigenvalue weighted by Crippen LogP contribution is -2.47. The summed E-state index contributed by atoms with van der Waals surface area (Å²) >= 11 is 0. The van der Waals surface area contributed by atoms with Gasteiger partial charge < -0.3 is 35.0 Å². The minimum Gasteiger partial charge on any atom is -0.490 e. The third-order valence-electron chi connectivity index (χ3n) is 6.89. The van der Waals surface area contributed by atoms with Crippen molar-refractivity contribution >= 4 is 23.3 Å². The SMILES string of the molecule is C[C@@H]1CCCCO[C@H](CN(C)C)[C@H](C)CN([C@H](C)CO)C(=O)c2cc(NC(=O)Nc3ccccc3)ccc2O1. The number of carbonyl (C=O) groups excluding carboxylic acids is 2. The van der Waals surface area contributed by atoms with Crippen molar-refractivity contribution in [1.82, 2.24) is 9.80 Å². The maximum absolute atomic E-state index is 14.1. The molecule has 3 amide bonds. The number of ether oxygens (including phenoxy) is 2. The van der Waals surface area contributed by atoms with E-state index in [9.17, 15) is 14.7 Å². The Hall–Kier alpha value is -3.14. The molecular weight excluding hydrogens is 496 g/mol. The van der Waals surface area contributed by atoms with E-state index in [0.29, 0.717) is 35.8 Å². The van der Waals surface area contributed by atoms with Gasteiger partial charge in [0.1, 0.15) is 5.75 Å². The molecule has 1 aliphatic rings. The van der Waals surface area contributed by atoms with Gasteiger partial charge in [0.15, 0.2) is 0 Å². The molecule has 2 aromatic rings. The first kappa shape index (κ1) is 30.4. The summed E-state index contributed by atoms with van der Waals surface area (Å²) in [7, 11) is 4.02. The Bertz CT molecular complexity index is 1060. The Kier molecular flexibility index (Phi) is 11.6. The van der Waals surface area contributed by atoms with Crippen LogP contribution in [0.1, 0.15) is 50.4 Å². The predicted octanol–water partition coefficient (Wildman–Crippen LogP) is 4.69. The third kappa shape index (κ3) is 9.23. The average molecular weight is 541 g/mol. The molecule has 9 heteroatoms. The monoisotopic (exact) mass is 540 g/mol. The molecule has 0 bridgehead atoms. The zero-order chi connectivity index (χ0) is 28.4. The van der Waals surface area contributed by atoms with E-state index in [1.54, 1.807) is 35.2 Å². The zero-order valence-corrected chi connectivity index (χ0v) is 23.9. The minimum atomic E-state index is -0.420. The van der Waals surface area contributed by atoms with Gasteiger partial charge in [0.25, 0.3) is 5.91 Å². The molecule has 2 aromatic carbocycles. The first-order valence-corrected chi connectivity index (χ1v) is 13.8. The molecular formula is C30H44N4O5. The molecule has 0 saturated carbocycles. The number of hydrogen-bond acceptors (Lipinski definition) is 6. The van der Waals surface area contributed by atoms with Crippen molar-refractivity contribution in [2.75, 3.05) is 51.0 Å². The van der Waals surface area contributed by atoms with Gasteiger partial charge in [-0.25, -0.2) is 4.79 Å². The Morgan fingerprint density at radius 2 is 1.82 bits per heavy atom. The Labute approximate surface area is 232 Å². The van der Waals surface area contributed by atoms with Crippen molar-refractivity contribution in [2.24, 2.45) is 5.92 Å².